The molecule has 1 aliphatic heterocycles. The van der Waals surface area contributed by atoms with E-state index in [1.807, 2.05) is 51.7 Å². The molecule has 208 valence electrons. The first-order valence-corrected chi connectivity index (χ1v) is 12.9. The second-order valence-electron chi connectivity index (χ2n) is 11.1. The molecule has 1 aromatic carbocycles. The van der Waals surface area contributed by atoms with Crippen LogP contribution in [0.15, 0.2) is 42.6 Å². The number of amides is 2. The topological polar surface area (TPSA) is 144 Å². The van der Waals surface area contributed by atoms with Crippen molar-refractivity contribution in [3.05, 3.63) is 42.6 Å². The number of nitrogens with two attached hydrogens (primary N) is 1. The van der Waals surface area contributed by atoms with Gasteiger partial charge >= 0.3 is 6.09 Å². The lowest BCUT2D eigenvalue weighted by Crippen LogP contribution is -2.58. The molecule has 1 fully saturated rings. The number of nitrogens with zero attached hydrogens (tertiary/aromatic N) is 6. The van der Waals surface area contributed by atoms with Crippen molar-refractivity contribution < 1.29 is 14.3 Å². The third-order valence-corrected chi connectivity index (χ3v) is 6.24. The zero-order valence-electron chi connectivity index (χ0n) is 23.3. The van der Waals surface area contributed by atoms with E-state index in [0.29, 0.717) is 31.3 Å². The van der Waals surface area contributed by atoms with Gasteiger partial charge in [0.2, 0.25) is 17.8 Å². The molecule has 0 unspecified atom stereocenters. The van der Waals surface area contributed by atoms with E-state index in [0.717, 1.165) is 17.2 Å². The van der Waals surface area contributed by atoms with Crippen LogP contribution < -0.4 is 21.3 Å². The third-order valence-electron chi connectivity index (χ3n) is 6.24. The van der Waals surface area contributed by atoms with Gasteiger partial charge in [0.15, 0.2) is 0 Å². The lowest BCUT2D eigenvalue weighted by Gasteiger charge is -2.44. The number of aromatic nitrogens is 4. The summed E-state index contributed by atoms with van der Waals surface area (Å²) in [5.74, 6) is 1.41. The molecular weight excluding hydrogens is 498 g/mol. The molecular formula is C27H37N9O3. The zero-order valence-corrected chi connectivity index (χ0v) is 23.3. The maximum atomic E-state index is 12.0. The number of carbonyl (C=O) groups is 2. The predicted molar refractivity (Wildman–Crippen MR) is 151 cm³/mol. The molecule has 39 heavy (non-hydrogen) atoms. The Morgan fingerprint density at radius 3 is 2.33 bits per heavy atom. The lowest BCUT2D eigenvalue weighted by atomic mass is 9.99. The van der Waals surface area contributed by atoms with Crippen molar-refractivity contribution in [1.29, 1.82) is 0 Å². The minimum Gasteiger partial charge on any atom is -0.449 e. The Hall–Kier alpha value is -4.35. The molecule has 0 aliphatic carbocycles. The summed E-state index contributed by atoms with van der Waals surface area (Å²) in [7, 11) is 0. The summed E-state index contributed by atoms with van der Waals surface area (Å²) in [4.78, 5) is 37.0. The number of nitrogen functional groups attached to an aromatic ring is 1. The SMILES string of the molecule is CC(=O)N1[C@H](C)CN(c2cc(-n3nc(Nc4ccc(NC(=O)OCC(C)(C)C)cc4)nc3N)ccn2)C[C@@H]1C. The van der Waals surface area contributed by atoms with Gasteiger partial charge in [0.25, 0.3) is 0 Å². The van der Waals surface area contributed by atoms with Crippen LogP contribution in [-0.4, -0.2) is 68.4 Å². The van der Waals surface area contributed by atoms with E-state index in [4.69, 9.17) is 10.5 Å². The average Bonchev–Trinajstić information content (AvgIpc) is 3.22. The number of ether oxygens (including phenoxy) is 1. The summed E-state index contributed by atoms with van der Waals surface area (Å²) in [6, 6.07) is 11.0. The molecule has 1 saturated heterocycles. The maximum absolute atomic E-state index is 12.0. The number of carbonyl (C=O) groups excluding carboxylic acids is 2. The van der Waals surface area contributed by atoms with Crippen molar-refractivity contribution in [3.63, 3.8) is 0 Å². The molecule has 0 spiro atoms. The lowest BCUT2D eigenvalue weighted by molar-refractivity contribution is -0.133. The van der Waals surface area contributed by atoms with Gasteiger partial charge in [0.05, 0.1) is 12.3 Å². The van der Waals surface area contributed by atoms with Gasteiger partial charge < -0.3 is 25.6 Å². The number of rotatable bonds is 6. The molecule has 2 amide bonds. The monoisotopic (exact) mass is 535 g/mol. The van der Waals surface area contributed by atoms with E-state index in [2.05, 4.69) is 30.6 Å². The number of hydrogen-bond acceptors (Lipinski definition) is 9. The molecule has 2 aromatic heterocycles. The molecule has 0 saturated carbocycles. The first kappa shape index (κ1) is 27.7. The summed E-state index contributed by atoms with van der Waals surface area (Å²) in [6.45, 7) is 13.4. The highest BCUT2D eigenvalue weighted by molar-refractivity contribution is 5.85. The first-order valence-electron chi connectivity index (χ1n) is 12.9. The largest absolute Gasteiger partial charge is 0.449 e. The smallest absolute Gasteiger partial charge is 0.411 e. The Balaban J connectivity index is 1.42. The standard InChI is InChI=1S/C27H37N9O3/c1-17-14-34(15-18(2)35(17)19(3)37)23-13-22(11-12-29-23)36-24(28)32-25(33-36)30-20-7-9-21(10-8-20)31-26(38)39-16-27(4,5)6/h7-13,17-18H,14-16H2,1-6H3,(H,31,38)(H3,28,30,32,33)/t17-,18+. The Labute approximate surface area is 228 Å². The fraction of sp³-hybridized carbons (Fsp3) is 0.444. The van der Waals surface area contributed by atoms with Crippen LogP contribution in [0.5, 0.6) is 0 Å². The Bertz CT molecular complexity index is 1300. The fourth-order valence-electron chi connectivity index (χ4n) is 4.61. The van der Waals surface area contributed by atoms with E-state index in [1.54, 1.807) is 42.1 Å². The van der Waals surface area contributed by atoms with Crippen LogP contribution in [-0.2, 0) is 9.53 Å². The Kier molecular flexibility index (Phi) is 7.93. The van der Waals surface area contributed by atoms with Crippen LogP contribution in [0, 0.1) is 5.41 Å². The van der Waals surface area contributed by atoms with Gasteiger partial charge in [-0.05, 0) is 49.6 Å². The number of nitrogens with one attached hydrogen (secondary N) is 2. The van der Waals surface area contributed by atoms with E-state index in [1.165, 1.54) is 0 Å². The van der Waals surface area contributed by atoms with Crippen molar-refractivity contribution in [2.75, 3.05) is 41.0 Å². The van der Waals surface area contributed by atoms with Crippen LogP contribution in [0.1, 0.15) is 41.5 Å². The van der Waals surface area contributed by atoms with Gasteiger partial charge in [0, 0.05) is 55.7 Å². The first-order chi connectivity index (χ1) is 18.4. The minimum atomic E-state index is -0.500. The van der Waals surface area contributed by atoms with Crippen LogP contribution in [0.3, 0.4) is 0 Å². The fourth-order valence-corrected chi connectivity index (χ4v) is 4.61. The maximum Gasteiger partial charge on any atom is 0.411 e. The van der Waals surface area contributed by atoms with Gasteiger partial charge in [-0.25, -0.2) is 9.78 Å². The molecule has 4 N–H and O–H groups in total. The Morgan fingerprint density at radius 2 is 1.72 bits per heavy atom. The van der Waals surface area contributed by atoms with Crippen molar-refractivity contribution in [1.82, 2.24) is 24.6 Å². The summed E-state index contributed by atoms with van der Waals surface area (Å²) in [5, 5.41) is 10.4. The summed E-state index contributed by atoms with van der Waals surface area (Å²) >= 11 is 0. The van der Waals surface area contributed by atoms with Crippen LogP contribution in [0.4, 0.5) is 33.9 Å². The van der Waals surface area contributed by atoms with Gasteiger partial charge in [-0.3, -0.25) is 10.1 Å². The van der Waals surface area contributed by atoms with Gasteiger partial charge in [-0.15, -0.1) is 5.10 Å². The number of anilines is 5. The molecule has 3 heterocycles. The second kappa shape index (κ2) is 11.2. The summed E-state index contributed by atoms with van der Waals surface area (Å²) in [5.41, 5.74) is 8.15. The Morgan fingerprint density at radius 1 is 1.08 bits per heavy atom. The molecule has 3 aromatic rings. The average molecular weight is 536 g/mol. The number of benzene rings is 1. The van der Waals surface area contributed by atoms with Crippen molar-refractivity contribution in [2.45, 2.75) is 53.6 Å². The van der Waals surface area contributed by atoms with Crippen molar-refractivity contribution in [3.8, 4) is 5.69 Å². The molecule has 4 rings (SSSR count). The van der Waals surface area contributed by atoms with E-state index >= 15 is 0 Å². The van der Waals surface area contributed by atoms with Crippen LogP contribution in [0.25, 0.3) is 5.69 Å². The predicted octanol–water partition coefficient (Wildman–Crippen LogP) is 4.03. The van der Waals surface area contributed by atoms with E-state index in [9.17, 15) is 9.59 Å². The highest BCUT2D eigenvalue weighted by atomic mass is 16.5. The minimum absolute atomic E-state index is 0.0691. The molecule has 12 heteroatoms. The molecule has 12 nitrogen and oxygen atoms in total. The second-order valence-corrected chi connectivity index (χ2v) is 11.1. The van der Waals surface area contributed by atoms with Gasteiger partial charge in [-0.1, -0.05) is 20.8 Å². The molecule has 0 radical (unpaired) electrons. The molecule has 2 atom stereocenters. The van der Waals surface area contributed by atoms with Crippen LogP contribution >= 0.6 is 0 Å². The highest BCUT2D eigenvalue weighted by Crippen LogP contribution is 2.25. The molecule has 1 aliphatic rings. The zero-order chi connectivity index (χ0) is 28.3. The highest BCUT2D eigenvalue weighted by Gasteiger charge is 2.31. The van der Waals surface area contributed by atoms with Gasteiger partial charge in [-0.2, -0.15) is 9.67 Å². The molecule has 0 bridgehead atoms. The van der Waals surface area contributed by atoms with Crippen molar-refractivity contribution in [2.24, 2.45) is 5.41 Å². The summed E-state index contributed by atoms with van der Waals surface area (Å²) in [6.07, 6.45) is 1.21. The van der Waals surface area contributed by atoms with E-state index < -0.39 is 6.09 Å². The van der Waals surface area contributed by atoms with E-state index in [-0.39, 0.29) is 29.4 Å². The quantitative estimate of drug-likeness (QED) is 0.426. The van der Waals surface area contributed by atoms with Crippen molar-refractivity contribution >= 4 is 41.1 Å². The van der Waals surface area contributed by atoms with Crippen LogP contribution in [0.2, 0.25) is 0 Å². The number of hydrogen-bond donors (Lipinski definition) is 3. The summed E-state index contributed by atoms with van der Waals surface area (Å²) < 4.78 is 6.79. The number of pyridine rings is 1. The van der Waals surface area contributed by atoms with Gasteiger partial charge in [0.1, 0.15) is 5.82 Å². The number of piperazine rings is 1. The third kappa shape index (κ3) is 6.95. The normalized spacial score (nSPS) is 17.6.